The van der Waals surface area contributed by atoms with E-state index in [1.165, 1.54) is 25.3 Å². The fourth-order valence-electron chi connectivity index (χ4n) is 4.30. The highest BCUT2D eigenvalue weighted by atomic mass is 19.2. The Balaban J connectivity index is 2.02. The van der Waals surface area contributed by atoms with Crippen LogP contribution in [0, 0.1) is 29.1 Å². The molecule has 0 amide bonds. The second-order valence-electron chi connectivity index (χ2n) is 7.53. The van der Waals surface area contributed by atoms with Crippen molar-refractivity contribution in [2.75, 3.05) is 7.11 Å². The Hall–Kier alpha value is -3.93. The molecule has 0 fully saturated rings. The van der Waals surface area contributed by atoms with E-state index in [0.717, 1.165) is 0 Å². The van der Waals surface area contributed by atoms with Gasteiger partial charge in [-0.2, -0.15) is 0 Å². The maximum absolute atomic E-state index is 15.3. The van der Waals surface area contributed by atoms with Crippen molar-refractivity contribution < 1.29 is 26.7 Å². The first-order chi connectivity index (χ1) is 15.9. The average Bonchev–Trinajstić information content (AvgIpc) is 2.83. The predicted molar refractivity (Wildman–Crippen MR) is 119 cm³/mol. The van der Waals surface area contributed by atoms with E-state index >= 15 is 4.39 Å². The van der Waals surface area contributed by atoms with Crippen LogP contribution in [-0.2, 0) is 0 Å². The molecule has 0 saturated carbocycles. The number of rotatable bonds is 3. The van der Waals surface area contributed by atoms with Gasteiger partial charge in [-0.15, -0.1) is 0 Å². The normalized spacial score (nSPS) is 11.3. The number of hydrogen-bond donors (Lipinski definition) is 0. The Labute approximate surface area is 185 Å². The summed E-state index contributed by atoms with van der Waals surface area (Å²) in [5.41, 5.74) is 0.133. The van der Waals surface area contributed by atoms with Gasteiger partial charge in [0, 0.05) is 22.6 Å². The summed E-state index contributed by atoms with van der Waals surface area (Å²) in [7, 11) is 1.52. The molecule has 0 heterocycles. The quantitative estimate of drug-likeness (QED) is 0.154. The van der Waals surface area contributed by atoms with Gasteiger partial charge in [-0.05, 0) is 39.9 Å². The Morgan fingerprint density at radius 2 is 1.12 bits per heavy atom. The Morgan fingerprint density at radius 1 is 0.545 bits per heavy atom. The van der Waals surface area contributed by atoms with E-state index in [1.807, 2.05) is 0 Å². The van der Waals surface area contributed by atoms with Gasteiger partial charge in [0.15, 0.2) is 23.3 Å². The summed E-state index contributed by atoms with van der Waals surface area (Å²) in [5, 5.41) is 1.00. The van der Waals surface area contributed by atoms with Gasteiger partial charge in [0.2, 0.25) is 0 Å². The smallest absolute Gasteiger partial charge is 0.169 e. The van der Waals surface area contributed by atoms with Crippen molar-refractivity contribution in [2.45, 2.75) is 0 Å². The van der Waals surface area contributed by atoms with Gasteiger partial charge in [0.05, 0.1) is 12.7 Å². The first-order valence-corrected chi connectivity index (χ1v) is 10.0. The van der Waals surface area contributed by atoms with Crippen LogP contribution in [-0.4, -0.2) is 7.11 Å². The molecule has 5 aromatic rings. The molecular formula is C27H15F5O. The van der Waals surface area contributed by atoms with E-state index in [4.69, 9.17) is 4.74 Å². The van der Waals surface area contributed by atoms with Gasteiger partial charge in [-0.25, -0.2) is 22.0 Å². The van der Waals surface area contributed by atoms with E-state index in [9.17, 15) is 17.6 Å². The van der Waals surface area contributed by atoms with Gasteiger partial charge in [0.1, 0.15) is 11.6 Å². The summed E-state index contributed by atoms with van der Waals surface area (Å²) in [5.74, 6) is -6.18. The van der Waals surface area contributed by atoms with Crippen molar-refractivity contribution in [3.8, 4) is 28.0 Å². The number of fused-ring (bicyclic) bond motifs is 2. The molecule has 33 heavy (non-hydrogen) atoms. The minimum Gasteiger partial charge on any atom is -0.497 e. The number of benzene rings is 5. The molecule has 5 aromatic carbocycles. The van der Waals surface area contributed by atoms with Gasteiger partial charge >= 0.3 is 0 Å². The second kappa shape index (κ2) is 7.89. The molecule has 6 heteroatoms. The monoisotopic (exact) mass is 450 g/mol. The summed E-state index contributed by atoms with van der Waals surface area (Å²) in [4.78, 5) is 0. The van der Waals surface area contributed by atoms with Crippen LogP contribution in [0.3, 0.4) is 0 Å². The predicted octanol–water partition coefficient (Wildman–Crippen LogP) is 8.03. The number of methoxy groups -OCH3 is 1. The molecule has 5 rings (SSSR count). The molecule has 1 nitrogen and oxygen atoms in total. The van der Waals surface area contributed by atoms with Crippen molar-refractivity contribution in [1.82, 2.24) is 0 Å². The van der Waals surface area contributed by atoms with Crippen molar-refractivity contribution in [1.29, 1.82) is 0 Å². The van der Waals surface area contributed by atoms with Gasteiger partial charge in [-0.3, -0.25) is 0 Å². The molecule has 0 saturated heterocycles. The van der Waals surface area contributed by atoms with Crippen molar-refractivity contribution >= 4 is 21.5 Å². The maximum atomic E-state index is 15.3. The van der Waals surface area contributed by atoms with Crippen LogP contribution in [0.1, 0.15) is 0 Å². The Morgan fingerprint density at radius 3 is 1.73 bits per heavy atom. The molecule has 0 aliphatic carbocycles. The minimum absolute atomic E-state index is 0.0832. The van der Waals surface area contributed by atoms with Gasteiger partial charge in [-0.1, -0.05) is 48.5 Å². The zero-order chi connectivity index (χ0) is 23.3. The summed E-state index contributed by atoms with van der Waals surface area (Å²) in [6.45, 7) is 0. The number of halogens is 5. The molecule has 0 radical (unpaired) electrons. The SMILES string of the molecule is COc1ccc(-c2c3ccccc3c(-c3c(F)c(F)cc(F)c3F)c3cccc(F)c23)cc1. The molecular weight excluding hydrogens is 435 g/mol. The molecule has 0 aromatic heterocycles. The highest BCUT2D eigenvalue weighted by molar-refractivity contribution is 6.21. The van der Waals surface area contributed by atoms with E-state index in [2.05, 4.69) is 0 Å². The van der Waals surface area contributed by atoms with Crippen LogP contribution >= 0.6 is 0 Å². The van der Waals surface area contributed by atoms with Crippen molar-refractivity contribution in [3.05, 3.63) is 102 Å². The first kappa shape index (κ1) is 20.9. The third kappa shape index (κ3) is 3.21. The standard InChI is InChI=1S/C27H15F5O/c1-33-15-11-9-14(10-12-15)22-16-5-2-3-6-17(16)23(18-7-4-8-19(28)24(18)22)25-26(31)20(29)13-21(30)27(25)32/h2-13H,1H3. The molecule has 0 aliphatic heterocycles. The summed E-state index contributed by atoms with van der Waals surface area (Å²) in [6.07, 6.45) is 0. The molecule has 164 valence electrons. The molecule has 0 atom stereocenters. The van der Waals surface area contributed by atoms with E-state index in [0.29, 0.717) is 27.6 Å². The fourth-order valence-corrected chi connectivity index (χ4v) is 4.30. The van der Waals surface area contributed by atoms with Crippen molar-refractivity contribution in [2.24, 2.45) is 0 Å². The first-order valence-electron chi connectivity index (χ1n) is 10.0. The molecule has 0 spiro atoms. The molecule has 0 aliphatic rings. The van der Waals surface area contributed by atoms with Crippen LogP contribution in [0.2, 0.25) is 0 Å². The minimum atomic E-state index is -1.54. The third-order valence-electron chi connectivity index (χ3n) is 5.74. The van der Waals surface area contributed by atoms with Gasteiger partial charge < -0.3 is 4.74 Å². The van der Waals surface area contributed by atoms with E-state index in [1.54, 1.807) is 48.5 Å². The highest BCUT2D eigenvalue weighted by Gasteiger charge is 2.26. The van der Waals surface area contributed by atoms with Crippen LogP contribution in [0.4, 0.5) is 22.0 Å². The van der Waals surface area contributed by atoms with Crippen molar-refractivity contribution in [3.63, 3.8) is 0 Å². The zero-order valence-electron chi connectivity index (χ0n) is 17.2. The van der Waals surface area contributed by atoms with Crippen LogP contribution < -0.4 is 4.74 Å². The van der Waals surface area contributed by atoms with E-state index in [-0.39, 0.29) is 22.4 Å². The van der Waals surface area contributed by atoms with E-state index < -0.39 is 34.6 Å². The topological polar surface area (TPSA) is 9.23 Å². The molecule has 0 unspecified atom stereocenters. The van der Waals surface area contributed by atoms with Gasteiger partial charge in [0.25, 0.3) is 0 Å². The lowest BCUT2D eigenvalue weighted by Crippen LogP contribution is -2.01. The summed E-state index contributed by atoms with van der Waals surface area (Å²) in [6, 6.07) is 17.8. The largest absolute Gasteiger partial charge is 0.497 e. The lowest BCUT2D eigenvalue weighted by molar-refractivity contribution is 0.415. The zero-order valence-corrected chi connectivity index (χ0v) is 17.2. The number of hydrogen-bond acceptors (Lipinski definition) is 1. The summed E-state index contributed by atoms with van der Waals surface area (Å²) < 4.78 is 78.6. The van der Waals surface area contributed by atoms with Crippen LogP contribution in [0.25, 0.3) is 43.8 Å². The Kier molecular flexibility index (Phi) is 5.01. The van der Waals surface area contributed by atoms with Crippen LogP contribution in [0.5, 0.6) is 5.75 Å². The highest BCUT2D eigenvalue weighted by Crippen LogP contribution is 2.46. The third-order valence-corrected chi connectivity index (χ3v) is 5.74. The summed E-state index contributed by atoms with van der Waals surface area (Å²) >= 11 is 0. The second-order valence-corrected chi connectivity index (χ2v) is 7.53. The molecule has 0 bridgehead atoms. The maximum Gasteiger partial charge on any atom is 0.169 e. The average molecular weight is 450 g/mol. The molecule has 0 N–H and O–H groups in total. The number of ether oxygens (including phenoxy) is 1. The van der Waals surface area contributed by atoms with Crippen LogP contribution in [0.15, 0.2) is 72.8 Å². The lowest BCUT2D eigenvalue weighted by atomic mass is 9.85. The Bertz CT molecular complexity index is 1520. The fraction of sp³-hybridized carbons (Fsp3) is 0.0370. The lowest BCUT2D eigenvalue weighted by Gasteiger charge is -2.19.